The molecule has 4 rings (SSSR count). The lowest BCUT2D eigenvalue weighted by Crippen LogP contribution is -2.47. The quantitative estimate of drug-likeness (QED) is 0.566. The Hall–Kier alpha value is -3.19. The maximum Gasteiger partial charge on any atom is 0.268 e. The highest BCUT2D eigenvalue weighted by atomic mass is 32.1. The van der Waals surface area contributed by atoms with E-state index in [1.165, 1.54) is 4.90 Å². The molecule has 32 heavy (non-hydrogen) atoms. The van der Waals surface area contributed by atoms with Crippen molar-refractivity contribution in [3.63, 3.8) is 0 Å². The summed E-state index contributed by atoms with van der Waals surface area (Å²) in [5.74, 6) is 0.0982. The third-order valence-electron chi connectivity index (χ3n) is 5.53. The number of nitrogens with one attached hydrogen (secondary N) is 1. The minimum Gasteiger partial charge on any atom is -0.479 e. The summed E-state index contributed by atoms with van der Waals surface area (Å²) in [7, 11) is 0. The van der Waals surface area contributed by atoms with Gasteiger partial charge in [0.2, 0.25) is 5.91 Å². The normalized spacial score (nSPS) is 15.3. The summed E-state index contributed by atoms with van der Waals surface area (Å²) in [5.41, 5.74) is 5.10. The molecule has 0 saturated heterocycles. The standard InChI is InChI=1S/C25H27N3O3S/c1-5-7-23-26-19(14-32-23)18-10-11-21-20(12-18)28(25(30)17(4)31-21)13-22(29)27-24-15(2)8-6-9-16(24)3/h6,8-12,14,17H,5,7,13H2,1-4H3,(H,27,29). The van der Waals surface area contributed by atoms with Crippen LogP contribution in [-0.4, -0.2) is 29.4 Å². The minimum absolute atomic E-state index is 0.0884. The molecule has 2 heterocycles. The molecule has 0 radical (unpaired) electrons. The molecular formula is C25H27N3O3S. The van der Waals surface area contributed by atoms with Crippen molar-refractivity contribution in [3.05, 3.63) is 57.9 Å². The van der Waals surface area contributed by atoms with Crippen LogP contribution in [0, 0.1) is 13.8 Å². The Morgan fingerprint density at radius 1 is 1.22 bits per heavy atom. The molecule has 1 aliphatic rings. The van der Waals surface area contributed by atoms with Gasteiger partial charge in [-0.15, -0.1) is 11.3 Å². The van der Waals surface area contributed by atoms with Crippen LogP contribution in [0.5, 0.6) is 5.75 Å². The zero-order valence-corrected chi connectivity index (χ0v) is 19.6. The second-order valence-electron chi connectivity index (χ2n) is 8.06. The molecular weight excluding hydrogens is 422 g/mol. The first-order chi connectivity index (χ1) is 15.4. The van der Waals surface area contributed by atoms with E-state index in [-0.39, 0.29) is 18.4 Å². The van der Waals surface area contributed by atoms with Crippen molar-refractivity contribution in [2.24, 2.45) is 0 Å². The van der Waals surface area contributed by atoms with Gasteiger partial charge in [0.1, 0.15) is 12.3 Å². The first-order valence-electron chi connectivity index (χ1n) is 10.8. The van der Waals surface area contributed by atoms with Crippen molar-refractivity contribution < 1.29 is 14.3 Å². The fourth-order valence-electron chi connectivity index (χ4n) is 3.84. The molecule has 1 unspecified atom stereocenters. The average Bonchev–Trinajstić information content (AvgIpc) is 3.23. The van der Waals surface area contributed by atoms with Crippen LogP contribution in [0.25, 0.3) is 11.3 Å². The number of amides is 2. The second kappa shape index (κ2) is 9.12. The van der Waals surface area contributed by atoms with Crippen LogP contribution in [0.4, 0.5) is 11.4 Å². The molecule has 3 aromatic rings. The fourth-order valence-corrected chi connectivity index (χ4v) is 4.75. The van der Waals surface area contributed by atoms with Crippen molar-refractivity contribution in [2.45, 2.75) is 46.6 Å². The molecule has 0 bridgehead atoms. The number of nitrogens with zero attached hydrogens (tertiary/aromatic N) is 2. The van der Waals surface area contributed by atoms with Crippen LogP contribution in [0.15, 0.2) is 41.8 Å². The van der Waals surface area contributed by atoms with Gasteiger partial charge in [-0.05, 0) is 62.9 Å². The minimum atomic E-state index is -0.656. The second-order valence-corrected chi connectivity index (χ2v) is 9.00. The number of fused-ring (bicyclic) bond motifs is 1. The molecule has 166 valence electrons. The number of anilines is 2. The molecule has 0 aliphatic carbocycles. The largest absolute Gasteiger partial charge is 0.479 e. The van der Waals surface area contributed by atoms with Crippen molar-refractivity contribution in [2.75, 3.05) is 16.8 Å². The Kier molecular flexibility index (Phi) is 6.28. The number of hydrogen-bond donors (Lipinski definition) is 1. The molecule has 2 amide bonds. The summed E-state index contributed by atoms with van der Waals surface area (Å²) in [5, 5.41) is 6.09. The van der Waals surface area contributed by atoms with Crippen LogP contribution < -0.4 is 15.0 Å². The predicted molar refractivity (Wildman–Crippen MR) is 129 cm³/mol. The number of carbonyl (C=O) groups excluding carboxylic acids is 2. The van der Waals surface area contributed by atoms with Gasteiger partial charge < -0.3 is 10.1 Å². The number of para-hydroxylation sites is 1. The van der Waals surface area contributed by atoms with Crippen LogP contribution in [0.2, 0.25) is 0 Å². The summed E-state index contributed by atoms with van der Waals surface area (Å²) in [6.07, 6.45) is 1.33. The summed E-state index contributed by atoms with van der Waals surface area (Å²) >= 11 is 1.64. The molecule has 7 heteroatoms. The van der Waals surface area contributed by atoms with Crippen LogP contribution in [0.1, 0.15) is 36.4 Å². The van der Waals surface area contributed by atoms with Gasteiger partial charge in [-0.2, -0.15) is 0 Å². The van der Waals surface area contributed by atoms with Crippen LogP contribution in [0.3, 0.4) is 0 Å². The van der Waals surface area contributed by atoms with Gasteiger partial charge in [0.15, 0.2) is 6.10 Å². The van der Waals surface area contributed by atoms with Gasteiger partial charge >= 0.3 is 0 Å². The zero-order valence-electron chi connectivity index (χ0n) is 18.8. The molecule has 1 atom stereocenters. The van der Waals surface area contributed by atoms with Crippen molar-refractivity contribution >= 4 is 34.5 Å². The summed E-state index contributed by atoms with van der Waals surface area (Å²) in [4.78, 5) is 32.1. The number of thiazole rings is 1. The topological polar surface area (TPSA) is 71.5 Å². The highest BCUT2D eigenvalue weighted by Crippen LogP contribution is 2.38. The van der Waals surface area contributed by atoms with E-state index in [2.05, 4.69) is 12.2 Å². The first-order valence-corrected chi connectivity index (χ1v) is 11.7. The van der Waals surface area contributed by atoms with E-state index in [0.29, 0.717) is 11.4 Å². The van der Waals surface area contributed by atoms with Crippen LogP contribution in [-0.2, 0) is 16.0 Å². The zero-order chi connectivity index (χ0) is 22.8. The lowest BCUT2D eigenvalue weighted by molar-refractivity contribution is -0.127. The molecule has 0 fully saturated rings. The highest BCUT2D eigenvalue weighted by Gasteiger charge is 2.33. The van der Waals surface area contributed by atoms with Gasteiger partial charge in [-0.3, -0.25) is 14.5 Å². The molecule has 1 aromatic heterocycles. The summed E-state index contributed by atoms with van der Waals surface area (Å²) in [6, 6.07) is 11.5. The van der Waals surface area contributed by atoms with E-state index in [1.54, 1.807) is 18.3 Å². The SMILES string of the molecule is CCCc1nc(-c2ccc3c(c2)N(CC(=O)Nc2c(C)cccc2C)C(=O)C(C)O3)cs1. The van der Waals surface area contributed by atoms with Gasteiger partial charge in [0, 0.05) is 16.6 Å². The molecule has 2 aromatic carbocycles. The third-order valence-corrected chi connectivity index (χ3v) is 6.43. The number of ether oxygens (including phenoxy) is 1. The van der Waals surface area contributed by atoms with E-state index >= 15 is 0 Å². The van der Waals surface area contributed by atoms with E-state index in [4.69, 9.17) is 9.72 Å². The van der Waals surface area contributed by atoms with Gasteiger partial charge in [0.05, 0.1) is 16.4 Å². The Balaban J connectivity index is 1.62. The summed E-state index contributed by atoms with van der Waals surface area (Å²) < 4.78 is 5.81. The maximum absolute atomic E-state index is 13.0. The highest BCUT2D eigenvalue weighted by molar-refractivity contribution is 7.09. The summed E-state index contributed by atoms with van der Waals surface area (Å²) in [6.45, 7) is 7.65. The number of aromatic nitrogens is 1. The Morgan fingerprint density at radius 2 is 1.97 bits per heavy atom. The smallest absolute Gasteiger partial charge is 0.268 e. The number of aryl methyl sites for hydroxylation is 3. The van der Waals surface area contributed by atoms with E-state index in [1.807, 2.05) is 55.6 Å². The van der Waals surface area contributed by atoms with E-state index < -0.39 is 6.10 Å². The predicted octanol–water partition coefficient (Wildman–Crippen LogP) is 5.13. The maximum atomic E-state index is 13.0. The Morgan fingerprint density at radius 3 is 2.69 bits per heavy atom. The van der Waals surface area contributed by atoms with E-state index in [9.17, 15) is 9.59 Å². The number of carbonyl (C=O) groups is 2. The lowest BCUT2D eigenvalue weighted by atomic mass is 10.1. The van der Waals surface area contributed by atoms with Gasteiger partial charge in [-0.1, -0.05) is 25.1 Å². The molecule has 0 spiro atoms. The number of hydrogen-bond acceptors (Lipinski definition) is 5. The fraction of sp³-hybridized carbons (Fsp3) is 0.320. The van der Waals surface area contributed by atoms with Crippen molar-refractivity contribution in [3.8, 4) is 17.0 Å². The first kappa shape index (κ1) is 22.0. The van der Waals surface area contributed by atoms with Gasteiger partial charge in [-0.25, -0.2) is 4.98 Å². The number of rotatable bonds is 6. The number of benzene rings is 2. The molecule has 1 N–H and O–H groups in total. The monoisotopic (exact) mass is 449 g/mol. The van der Waals surface area contributed by atoms with Crippen molar-refractivity contribution in [1.82, 2.24) is 4.98 Å². The Bertz CT molecular complexity index is 1150. The lowest BCUT2D eigenvalue weighted by Gasteiger charge is -2.33. The van der Waals surface area contributed by atoms with E-state index in [0.717, 1.165) is 45.9 Å². The molecule has 6 nitrogen and oxygen atoms in total. The average molecular weight is 450 g/mol. The Labute approximate surface area is 192 Å². The third kappa shape index (κ3) is 4.39. The van der Waals surface area contributed by atoms with Crippen LogP contribution >= 0.6 is 11.3 Å². The van der Waals surface area contributed by atoms with Crippen molar-refractivity contribution in [1.29, 1.82) is 0 Å². The molecule has 1 aliphatic heterocycles. The molecule has 0 saturated carbocycles. The van der Waals surface area contributed by atoms with Gasteiger partial charge in [0.25, 0.3) is 5.91 Å².